The average molecular weight is 453 g/mol. The van der Waals surface area contributed by atoms with E-state index >= 15 is 0 Å². The van der Waals surface area contributed by atoms with E-state index in [4.69, 9.17) is 4.74 Å². The fourth-order valence-electron chi connectivity index (χ4n) is 5.19. The van der Waals surface area contributed by atoms with Crippen molar-refractivity contribution in [2.75, 3.05) is 24.1 Å². The molecule has 32 heavy (non-hydrogen) atoms. The number of carbonyl (C=O) groups is 1. The van der Waals surface area contributed by atoms with Crippen LogP contribution in [0.25, 0.3) is 5.57 Å². The van der Waals surface area contributed by atoms with Gasteiger partial charge in [0, 0.05) is 22.2 Å². The minimum absolute atomic E-state index is 0.00185. The highest BCUT2D eigenvalue weighted by Crippen LogP contribution is 2.50. The highest BCUT2D eigenvalue weighted by atomic mass is 32.2. The minimum Gasteiger partial charge on any atom is -0.490 e. The summed E-state index contributed by atoms with van der Waals surface area (Å²) < 4.78 is 32.1. The number of ketones is 1. The molecular formula is C25H28N2O4S. The van der Waals surface area contributed by atoms with Gasteiger partial charge in [0.2, 0.25) is 10.0 Å². The molecule has 1 aliphatic heterocycles. The van der Waals surface area contributed by atoms with Crippen LogP contribution in [0.1, 0.15) is 53.7 Å². The summed E-state index contributed by atoms with van der Waals surface area (Å²) in [5.41, 5.74) is 5.50. The quantitative estimate of drug-likeness (QED) is 0.739. The molecule has 0 amide bonds. The maximum atomic E-state index is 13.6. The van der Waals surface area contributed by atoms with Crippen LogP contribution in [-0.4, -0.2) is 39.7 Å². The molecule has 0 radical (unpaired) electrons. The van der Waals surface area contributed by atoms with Crippen molar-refractivity contribution >= 4 is 27.1 Å². The van der Waals surface area contributed by atoms with Crippen LogP contribution < -0.4 is 14.8 Å². The summed E-state index contributed by atoms with van der Waals surface area (Å²) in [7, 11) is -3.39. The molecule has 0 saturated carbocycles. The third-order valence-corrected chi connectivity index (χ3v) is 7.44. The van der Waals surface area contributed by atoms with E-state index in [1.54, 1.807) is 12.1 Å². The normalized spacial score (nSPS) is 19.9. The molecule has 5 rings (SSSR count). The van der Waals surface area contributed by atoms with Crippen molar-refractivity contribution in [2.24, 2.45) is 0 Å². The maximum Gasteiger partial charge on any atom is 0.229 e. The van der Waals surface area contributed by atoms with Gasteiger partial charge in [-0.05, 0) is 84.9 Å². The first-order valence-corrected chi connectivity index (χ1v) is 12.9. The summed E-state index contributed by atoms with van der Waals surface area (Å²) >= 11 is 0. The van der Waals surface area contributed by atoms with E-state index in [1.807, 2.05) is 24.3 Å². The lowest BCUT2D eigenvalue weighted by atomic mass is 9.68. The van der Waals surface area contributed by atoms with Gasteiger partial charge in [-0.25, -0.2) is 8.42 Å². The van der Waals surface area contributed by atoms with Gasteiger partial charge in [0.1, 0.15) is 11.9 Å². The number of ether oxygens (including phenoxy) is 1. The Hall–Kier alpha value is -2.64. The standard InChI is InChI=1S/C25H28N2O4S/c1-25(2)21-14-18(31-17-8-10-26-11-9-17)6-7-19(21)24(28)23-20-13-16(27-32(3,29)30)5-4-15(20)12-22(23)25/h4-7,13-14,17,26-27H,8-12H2,1-3H3. The molecule has 2 N–H and O–H groups in total. The molecule has 6 nitrogen and oxygen atoms in total. The first kappa shape index (κ1) is 21.2. The van der Waals surface area contributed by atoms with E-state index < -0.39 is 10.0 Å². The first-order chi connectivity index (χ1) is 15.1. The highest BCUT2D eigenvalue weighted by Gasteiger charge is 2.43. The molecule has 7 heteroatoms. The van der Waals surface area contributed by atoms with Gasteiger partial charge in [-0.15, -0.1) is 0 Å². The van der Waals surface area contributed by atoms with Crippen LogP contribution in [0.4, 0.5) is 5.69 Å². The number of fused-ring (bicyclic) bond motifs is 3. The number of benzene rings is 2. The Balaban J connectivity index is 1.53. The lowest BCUT2D eigenvalue weighted by Gasteiger charge is -2.35. The average Bonchev–Trinajstić information content (AvgIpc) is 3.12. The molecule has 2 aromatic rings. The van der Waals surface area contributed by atoms with Crippen LogP contribution >= 0.6 is 0 Å². The molecule has 1 heterocycles. The molecule has 0 atom stereocenters. The van der Waals surface area contributed by atoms with Gasteiger partial charge in [-0.2, -0.15) is 0 Å². The maximum absolute atomic E-state index is 13.6. The SMILES string of the molecule is CC1(C)C2=C(C(=O)c3ccc(OC4CCNCC4)cc31)c1cc(NS(C)(=O)=O)ccc1C2. The zero-order chi connectivity index (χ0) is 22.7. The topological polar surface area (TPSA) is 84.5 Å². The van der Waals surface area contributed by atoms with Crippen molar-refractivity contribution in [2.45, 2.75) is 44.6 Å². The zero-order valence-corrected chi connectivity index (χ0v) is 19.4. The van der Waals surface area contributed by atoms with Crippen LogP contribution in [0.5, 0.6) is 5.75 Å². The van der Waals surface area contributed by atoms with Gasteiger partial charge in [0.15, 0.2) is 5.78 Å². The number of Topliss-reactive ketones (excluding diaryl/α,β-unsaturated/α-hetero) is 1. The third-order valence-electron chi connectivity index (χ3n) is 6.83. The summed E-state index contributed by atoms with van der Waals surface area (Å²) in [5.74, 6) is 0.814. The lowest BCUT2D eigenvalue weighted by molar-refractivity contribution is 0.105. The number of allylic oxidation sites excluding steroid dienone is 2. The third kappa shape index (κ3) is 3.63. The monoisotopic (exact) mass is 452 g/mol. The number of piperidine rings is 1. The molecule has 0 aromatic heterocycles. The van der Waals surface area contributed by atoms with Crippen molar-refractivity contribution in [3.63, 3.8) is 0 Å². The van der Waals surface area contributed by atoms with E-state index in [0.717, 1.165) is 60.2 Å². The van der Waals surface area contributed by atoms with Gasteiger partial charge in [0.25, 0.3) is 0 Å². The smallest absolute Gasteiger partial charge is 0.229 e. The van der Waals surface area contributed by atoms with Crippen LogP contribution in [0.3, 0.4) is 0 Å². The summed E-state index contributed by atoms with van der Waals surface area (Å²) in [6, 6.07) is 11.3. The first-order valence-electron chi connectivity index (χ1n) is 11.0. The van der Waals surface area contributed by atoms with Crippen molar-refractivity contribution in [3.05, 3.63) is 64.2 Å². The van der Waals surface area contributed by atoms with Crippen LogP contribution in [0, 0.1) is 0 Å². The molecule has 3 aliphatic rings. The number of hydrogen-bond donors (Lipinski definition) is 2. The predicted molar refractivity (Wildman–Crippen MR) is 126 cm³/mol. The van der Waals surface area contributed by atoms with Gasteiger partial charge in [-0.1, -0.05) is 19.9 Å². The Bertz CT molecular complexity index is 1250. The van der Waals surface area contributed by atoms with Gasteiger partial charge in [0.05, 0.1) is 6.26 Å². The highest BCUT2D eigenvalue weighted by molar-refractivity contribution is 7.92. The van der Waals surface area contributed by atoms with Crippen molar-refractivity contribution < 1.29 is 17.9 Å². The van der Waals surface area contributed by atoms with Crippen molar-refractivity contribution in [1.82, 2.24) is 5.32 Å². The number of sulfonamides is 1. The van der Waals surface area contributed by atoms with E-state index in [1.165, 1.54) is 0 Å². The Morgan fingerprint density at radius 2 is 1.81 bits per heavy atom. The number of rotatable bonds is 4. The summed E-state index contributed by atoms with van der Waals surface area (Å²) in [4.78, 5) is 13.6. The molecular weight excluding hydrogens is 424 g/mol. The van der Waals surface area contributed by atoms with Crippen LogP contribution in [0.2, 0.25) is 0 Å². The minimum atomic E-state index is -3.39. The molecule has 2 aromatic carbocycles. The Morgan fingerprint density at radius 1 is 1.06 bits per heavy atom. The molecule has 0 spiro atoms. The summed E-state index contributed by atoms with van der Waals surface area (Å²) in [6.45, 7) is 6.24. The molecule has 1 saturated heterocycles. The fourth-order valence-corrected chi connectivity index (χ4v) is 5.74. The molecule has 1 fully saturated rings. The molecule has 0 bridgehead atoms. The number of hydrogen-bond acceptors (Lipinski definition) is 5. The van der Waals surface area contributed by atoms with Crippen molar-refractivity contribution in [3.8, 4) is 5.75 Å². The summed E-state index contributed by atoms with van der Waals surface area (Å²) in [6.07, 6.45) is 3.96. The Kier molecular flexibility index (Phi) is 4.94. The van der Waals surface area contributed by atoms with E-state index in [2.05, 4.69) is 23.9 Å². The zero-order valence-electron chi connectivity index (χ0n) is 18.6. The van der Waals surface area contributed by atoms with Crippen LogP contribution in [-0.2, 0) is 21.9 Å². The lowest BCUT2D eigenvalue weighted by Crippen LogP contribution is -2.34. The van der Waals surface area contributed by atoms with Gasteiger partial charge in [-0.3, -0.25) is 9.52 Å². The predicted octanol–water partition coefficient (Wildman–Crippen LogP) is 3.67. The molecule has 0 unspecified atom stereocenters. The molecule has 2 aliphatic carbocycles. The van der Waals surface area contributed by atoms with Gasteiger partial charge < -0.3 is 10.1 Å². The summed E-state index contributed by atoms with van der Waals surface area (Å²) in [5, 5.41) is 3.35. The van der Waals surface area contributed by atoms with E-state index in [0.29, 0.717) is 23.2 Å². The molecule has 168 valence electrons. The number of carbonyl (C=O) groups excluding carboxylic acids is 1. The van der Waals surface area contributed by atoms with Crippen molar-refractivity contribution in [1.29, 1.82) is 0 Å². The second-order valence-corrected chi connectivity index (χ2v) is 11.3. The van der Waals surface area contributed by atoms with Crippen LogP contribution in [0.15, 0.2) is 42.0 Å². The Labute approximate surface area is 189 Å². The number of anilines is 1. The number of nitrogens with one attached hydrogen (secondary N) is 2. The second kappa shape index (κ2) is 7.46. The van der Waals surface area contributed by atoms with E-state index in [9.17, 15) is 13.2 Å². The second-order valence-electron chi connectivity index (χ2n) is 9.51. The largest absolute Gasteiger partial charge is 0.490 e. The fraction of sp³-hybridized carbons (Fsp3) is 0.400. The Morgan fingerprint density at radius 3 is 2.53 bits per heavy atom. The van der Waals surface area contributed by atoms with E-state index in [-0.39, 0.29) is 17.3 Å². The van der Waals surface area contributed by atoms with Gasteiger partial charge >= 0.3 is 0 Å².